The first kappa shape index (κ1) is 10.3. The minimum atomic E-state index is 0.216. The quantitative estimate of drug-likeness (QED) is 0.751. The van der Waals surface area contributed by atoms with E-state index in [-0.39, 0.29) is 11.3 Å². The van der Waals surface area contributed by atoms with Crippen molar-refractivity contribution in [2.45, 2.75) is 40.2 Å². The SMILES string of the molecule is CCn1ncnc1CC(=O)C1CC1(C)C. The Balaban J connectivity index is 2.01. The zero-order chi connectivity index (χ0) is 11.1. The lowest BCUT2D eigenvalue weighted by atomic mass is 10.1. The average molecular weight is 207 g/mol. The van der Waals surface area contributed by atoms with Crippen molar-refractivity contribution in [1.82, 2.24) is 14.8 Å². The van der Waals surface area contributed by atoms with Crippen LogP contribution in [-0.2, 0) is 17.8 Å². The smallest absolute Gasteiger partial charge is 0.144 e. The van der Waals surface area contributed by atoms with Crippen molar-refractivity contribution in [3.63, 3.8) is 0 Å². The third kappa shape index (κ3) is 1.94. The van der Waals surface area contributed by atoms with Crippen molar-refractivity contribution in [3.8, 4) is 0 Å². The van der Waals surface area contributed by atoms with Gasteiger partial charge >= 0.3 is 0 Å². The molecule has 1 fully saturated rings. The number of aromatic nitrogens is 3. The molecule has 0 amide bonds. The number of carbonyl (C=O) groups is 1. The van der Waals surface area contributed by atoms with Crippen molar-refractivity contribution in [3.05, 3.63) is 12.2 Å². The molecule has 1 saturated carbocycles. The molecule has 4 nitrogen and oxygen atoms in total. The summed E-state index contributed by atoms with van der Waals surface area (Å²) in [4.78, 5) is 16.0. The fourth-order valence-electron chi connectivity index (χ4n) is 1.99. The van der Waals surface area contributed by atoms with Crippen LogP contribution < -0.4 is 0 Å². The molecule has 1 aromatic rings. The van der Waals surface area contributed by atoms with E-state index in [1.165, 1.54) is 6.33 Å². The van der Waals surface area contributed by atoms with E-state index in [0.717, 1.165) is 18.8 Å². The standard InChI is InChI=1S/C11H17N3O/c1-4-14-10(12-7-13-14)5-9(15)8-6-11(8,2)3/h7-8H,4-6H2,1-3H3. The Kier molecular flexibility index (Phi) is 2.37. The van der Waals surface area contributed by atoms with E-state index in [9.17, 15) is 4.79 Å². The summed E-state index contributed by atoms with van der Waals surface area (Å²) in [6.45, 7) is 7.06. The second-order valence-corrected chi connectivity index (χ2v) is 4.88. The van der Waals surface area contributed by atoms with Gasteiger partial charge in [0.1, 0.15) is 17.9 Å². The zero-order valence-electron chi connectivity index (χ0n) is 9.53. The van der Waals surface area contributed by atoms with Gasteiger partial charge in [0.05, 0.1) is 6.42 Å². The first-order valence-corrected chi connectivity index (χ1v) is 5.44. The van der Waals surface area contributed by atoms with Crippen LogP contribution in [0.25, 0.3) is 0 Å². The number of hydrogen-bond donors (Lipinski definition) is 0. The van der Waals surface area contributed by atoms with Crippen LogP contribution in [0.15, 0.2) is 6.33 Å². The molecule has 1 aliphatic rings. The summed E-state index contributed by atoms with van der Waals surface area (Å²) in [5.74, 6) is 1.34. The van der Waals surface area contributed by atoms with Crippen molar-refractivity contribution < 1.29 is 4.79 Å². The van der Waals surface area contributed by atoms with E-state index in [0.29, 0.717) is 12.2 Å². The van der Waals surface area contributed by atoms with Gasteiger partial charge in [0.25, 0.3) is 0 Å². The lowest BCUT2D eigenvalue weighted by Crippen LogP contribution is -2.14. The minimum Gasteiger partial charge on any atom is -0.299 e. The lowest BCUT2D eigenvalue weighted by Gasteiger charge is -2.03. The molecule has 0 spiro atoms. The summed E-state index contributed by atoms with van der Waals surface area (Å²) in [7, 11) is 0. The van der Waals surface area contributed by atoms with Crippen LogP contribution in [0.5, 0.6) is 0 Å². The third-order valence-corrected chi connectivity index (χ3v) is 3.23. The van der Waals surface area contributed by atoms with E-state index in [1.807, 2.05) is 6.92 Å². The Labute approximate surface area is 89.7 Å². The van der Waals surface area contributed by atoms with E-state index in [4.69, 9.17) is 0 Å². The fourth-order valence-corrected chi connectivity index (χ4v) is 1.99. The Bertz CT molecular complexity index is 381. The number of Topliss-reactive ketones (excluding diaryl/α,β-unsaturated/α-hetero) is 1. The molecule has 82 valence electrons. The molecule has 0 bridgehead atoms. The van der Waals surface area contributed by atoms with Crippen LogP contribution in [0, 0.1) is 11.3 Å². The molecule has 2 rings (SSSR count). The largest absolute Gasteiger partial charge is 0.299 e. The first-order valence-electron chi connectivity index (χ1n) is 5.44. The van der Waals surface area contributed by atoms with E-state index >= 15 is 0 Å². The highest BCUT2D eigenvalue weighted by Gasteiger charge is 2.50. The van der Waals surface area contributed by atoms with E-state index in [2.05, 4.69) is 23.9 Å². The van der Waals surface area contributed by atoms with Gasteiger partial charge in [0.2, 0.25) is 0 Å². The molecule has 1 aliphatic carbocycles. The molecule has 4 heteroatoms. The number of hydrogen-bond acceptors (Lipinski definition) is 3. The highest BCUT2D eigenvalue weighted by Crippen LogP contribution is 2.52. The van der Waals surface area contributed by atoms with Gasteiger partial charge in [-0.25, -0.2) is 9.67 Å². The molecular weight excluding hydrogens is 190 g/mol. The summed E-state index contributed by atoms with van der Waals surface area (Å²) in [6.07, 6.45) is 2.97. The number of nitrogens with zero attached hydrogens (tertiary/aromatic N) is 3. The van der Waals surface area contributed by atoms with Gasteiger partial charge in [-0.15, -0.1) is 0 Å². The number of rotatable bonds is 4. The normalized spacial score (nSPS) is 22.7. The van der Waals surface area contributed by atoms with Gasteiger partial charge in [0.15, 0.2) is 0 Å². The molecule has 0 saturated heterocycles. The predicted molar refractivity (Wildman–Crippen MR) is 56.3 cm³/mol. The third-order valence-electron chi connectivity index (χ3n) is 3.23. The predicted octanol–water partition coefficient (Wildman–Crippen LogP) is 1.46. The molecule has 1 unspecified atom stereocenters. The topological polar surface area (TPSA) is 47.8 Å². The van der Waals surface area contributed by atoms with Gasteiger partial charge in [-0.1, -0.05) is 13.8 Å². The van der Waals surface area contributed by atoms with Gasteiger partial charge in [-0.05, 0) is 18.8 Å². The fraction of sp³-hybridized carbons (Fsp3) is 0.727. The number of aryl methyl sites for hydroxylation is 1. The lowest BCUT2D eigenvalue weighted by molar-refractivity contribution is -0.120. The summed E-state index contributed by atoms with van der Waals surface area (Å²) in [5, 5.41) is 4.06. The summed E-state index contributed by atoms with van der Waals surface area (Å²) in [6, 6.07) is 0. The molecule has 0 aliphatic heterocycles. The Morgan fingerprint density at radius 3 is 2.87 bits per heavy atom. The van der Waals surface area contributed by atoms with Crippen LogP contribution in [0.1, 0.15) is 33.0 Å². The molecule has 1 aromatic heterocycles. The summed E-state index contributed by atoms with van der Waals surface area (Å²) >= 11 is 0. The Morgan fingerprint density at radius 2 is 2.33 bits per heavy atom. The average Bonchev–Trinajstić information content (AvgIpc) is 2.60. The van der Waals surface area contributed by atoms with Crippen LogP contribution in [0.2, 0.25) is 0 Å². The van der Waals surface area contributed by atoms with Crippen LogP contribution >= 0.6 is 0 Å². The van der Waals surface area contributed by atoms with Crippen LogP contribution in [0.4, 0.5) is 0 Å². The maximum Gasteiger partial charge on any atom is 0.144 e. The van der Waals surface area contributed by atoms with E-state index in [1.54, 1.807) is 4.68 Å². The van der Waals surface area contributed by atoms with Gasteiger partial charge < -0.3 is 0 Å². The van der Waals surface area contributed by atoms with E-state index < -0.39 is 0 Å². The van der Waals surface area contributed by atoms with Gasteiger partial charge in [0, 0.05) is 12.5 Å². The maximum absolute atomic E-state index is 11.9. The highest BCUT2D eigenvalue weighted by atomic mass is 16.1. The van der Waals surface area contributed by atoms with Crippen molar-refractivity contribution >= 4 is 5.78 Å². The Morgan fingerprint density at radius 1 is 1.67 bits per heavy atom. The van der Waals surface area contributed by atoms with Crippen molar-refractivity contribution in [1.29, 1.82) is 0 Å². The molecular formula is C11H17N3O. The van der Waals surface area contributed by atoms with Crippen molar-refractivity contribution in [2.24, 2.45) is 11.3 Å². The minimum absolute atomic E-state index is 0.216. The molecule has 0 radical (unpaired) electrons. The van der Waals surface area contributed by atoms with Gasteiger partial charge in [-0.3, -0.25) is 4.79 Å². The van der Waals surface area contributed by atoms with Crippen molar-refractivity contribution in [2.75, 3.05) is 0 Å². The summed E-state index contributed by atoms with van der Waals surface area (Å²) in [5.41, 5.74) is 0.216. The second-order valence-electron chi connectivity index (χ2n) is 4.88. The monoisotopic (exact) mass is 207 g/mol. The second kappa shape index (κ2) is 3.43. The number of carbonyl (C=O) groups excluding carboxylic acids is 1. The summed E-state index contributed by atoms with van der Waals surface area (Å²) < 4.78 is 1.78. The maximum atomic E-state index is 11.9. The van der Waals surface area contributed by atoms with Crippen LogP contribution in [-0.4, -0.2) is 20.5 Å². The molecule has 0 N–H and O–H groups in total. The molecule has 15 heavy (non-hydrogen) atoms. The molecule has 0 aromatic carbocycles. The molecule has 1 atom stereocenters. The van der Waals surface area contributed by atoms with Crippen LogP contribution in [0.3, 0.4) is 0 Å². The van der Waals surface area contributed by atoms with Gasteiger partial charge in [-0.2, -0.15) is 5.10 Å². The zero-order valence-corrected chi connectivity index (χ0v) is 9.53. The molecule has 1 heterocycles. The Hall–Kier alpha value is -1.19. The highest BCUT2D eigenvalue weighted by molar-refractivity contribution is 5.85. The first-order chi connectivity index (χ1) is 7.04. The number of ketones is 1.